The Bertz CT molecular complexity index is 420. The molecule has 0 aliphatic rings. The first kappa shape index (κ1) is 16.1. The Balaban J connectivity index is 2.67. The van der Waals surface area contributed by atoms with E-state index >= 15 is 0 Å². The number of rotatable bonds is 7. The predicted octanol–water partition coefficient (Wildman–Crippen LogP) is 5.14. The van der Waals surface area contributed by atoms with Gasteiger partial charge in [-0.1, -0.05) is 0 Å². The van der Waals surface area contributed by atoms with Gasteiger partial charge in [0.2, 0.25) is 0 Å². The SMILES string of the molecule is CCCCC#C/C(=C/c1ccccc1)[Se]CCCC. The van der Waals surface area contributed by atoms with Crippen molar-refractivity contribution in [3.8, 4) is 11.8 Å². The van der Waals surface area contributed by atoms with E-state index in [4.69, 9.17) is 0 Å². The molecule has 0 unspecified atom stereocenters. The Morgan fingerprint density at radius 2 is 1.84 bits per heavy atom. The molecule has 1 heteroatoms. The topological polar surface area (TPSA) is 0 Å². The third-order valence-electron chi connectivity index (χ3n) is 2.72. The Morgan fingerprint density at radius 3 is 2.53 bits per heavy atom. The Kier molecular flexibility index (Phi) is 9.25. The Morgan fingerprint density at radius 1 is 1.11 bits per heavy atom. The van der Waals surface area contributed by atoms with Crippen molar-refractivity contribution in [2.75, 3.05) is 0 Å². The van der Waals surface area contributed by atoms with Crippen LogP contribution in [0.15, 0.2) is 34.8 Å². The normalized spacial score (nSPS) is 10.9. The molecule has 0 aliphatic carbocycles. The summed E-state index contributed by atoms with van der Waals surface area (Å²) >= 11 is 0.533. The number of benzene rings is 1. The third kappa shape index (κ3) is 7.93. The molecule has 0 spiro atoms. The van der Waals surface area contributed by atoms with Crippen molar-refractivity contribution in [1.82, 2.24) is 0 Å². The van der Waals surface area contributed by atoms with E-state index in [2.05, 4.69) is 62.1 Å². The fraction of sp³-hybridized carbons (Fsp3) is 0.444. The third-order valence-corrected chi connectivity index (χ3v) is 4.87. The van der Waals surface area contributed by atoms with Gasteiger partial charge in [-0.15, -0.1) is 0 Å². The van der Waals surface area contributed by atoms with Crippen molar-refractivity contribution in [3.63, 3.8) is 0 Å². The van der Waals surface area contributed by atoms with Gasteiger partial charge in [-0.05, 0) is 0 Å². The molecule has 0 saturated heterocycles. The fourth-order valence-corrected chi connectivity index (χ4v) is 3.69. The Hall–Kier alpha value is -0.961. The van der Waals surface area contributed by atoms with E-state index in [-0.39, 0.29) is 0 Å². The van der Waals surface area contributed by atoms with Gasteiger partial charge < -0.3 is 0 Å². The van der Waals surface area contributed by atoms with Gasteiger partial charge in [-0.2, -0.15) is 0 Å². The second-order valence-electron chi connectivity index (χ2n) is 4.53. The summed E-state index contributed by atoms with van der Waals surface area (Å²) in [5.74, 6) is 6.73. The molecule has 0 amide bonds. The summed E-state index contributed by atoms with van der Waals surface area (Å²) in [5, 5.41) is 1.31. The van der Waals surface area contributed by atoms with E-state index in [9.17, 15) is 0 Å². The molecule has 0 saturated carbocycles. The predicted molar refractivity (Wildman–Crippen MR) is 87.2 cm³/mol. The van der Waals surface area contributed by atoms with E-state index in [0.29, 0.717) is 15.0 Å². The molecule has 1 rings (SSSR count). The molecule has 1 aromatic rings. The zero-order valence-corrected chi connectivity index (χ0v) is 13.8. The number of allylic oxidation sites excluding steroid dienone is 1. The van der Waals surface area contributed by atoms with Crippen molar-refractivity contribution in [3.05, 3.63) is 40.4 Å². The van der Waals surface area contributed by atoms with E-state index < -0.39 is 0 Å². The summed E-state index contributed by atoms with van der Waals surface area (Å²) in [5.41, 5.74) is 1.28. The van der Waals surface area contributed by atoms with Crippen LogP contribution >= 0.6 is 0 Å². The van der Waals surface area contributed by atoms with Gasteiger partial charge in [0, 0.05) is 0 Å². The van der Waals surface area contributed by atoms with Gasteiger partial charge in [0.05, 0.1) is 0 Å². The molecule has 0 aromatic heterocycles. The molecule has 0 aliphatic heterocycles. The van der Waals surface area contributed by atoms with Crippen LogP contribution in [0.1, 0.15) is 51.5 Å². The number of hydrogen-bond acceptors (Lipinski definition) is 0. The van der Waals surface area contributed by atoms with Crippen LogP contribution in [0.4, 0.5) is 0 Å². The summed E-state index contributed by atoms with van der Waals surface area (Å²) in [4.78, 5) is 0. The van der Waals surface area contributed by atoms with Gasteiger partial charge in [0.1, 0.15) is 0 Å². The first-order chi connectivity index (χ1) is 9.36. The van der Waals surface area contributed by atoms with Crippen LogP contribution < -0.4 is 0 Å². The van der Waals surface area contributed by atoms with Crippen molar-refractivity contribution in [2.45, 2.75) is 51.3 Å². The van der Waals surface area contributed by atoms with Crippen LogP contribution in [-0.4, -0.2) is 15.0 Å². The number of hydrogen-bond donors (Lipinski definition) is 0. The minimum absolute atomic E-state index is 0.533. The molecule has 102 valence electrons. The zero-order chi connectivity index (χ0) is 13.8. The van der Waals surface area contributed by atoms with Crippen molar-refractivity contribution in [1.29, 1.82) is 0 Å². The van der Waals surface area contributed by atoms with Gasteiger partial charge >= 0.3 is 125 Å². The average molecular weight is 319 g/mol. The van der Waals surface area contributed by atoms with Crippen LogP contribution in [0.2, 0.25) is 5.32 Å². The van der Waals surface area contributed by atoms with Crippen molar-refractivity contribution >= 4 is 21.0 Å². The number of unbranched alkanes of at least 4 members (excludes halogenated alkanes) is 3. The van der Waals surface area contributed by atoms with Crippen LogP contribution in [0.3, 0.4) is 0 Å². The van der Waals surface area contributed by atoms with Crippen molar-refractivity contribution in [2.24, 2.45) is 0 Å². The first-order valence-corrected chi connectivity index (χ1v) is 9.32. The van der Waals surface area contributed by atoms with E-state index in [1.54, 1.807) is 0 Å². The molecule has 0 fully saturated rings. The van der Waals surface area contributed by atoms with Crippen LogP contribution in [0.5, 0.6) is 0 Å². The second kappa shape index (κ2) is 10.9. The quantitative estimate of drug-likeness (QED) is 0.371. The maximum atomic E-state index is 3.40. The molecule has 0 radical (unpaired) electrons. The molecule has 0 atom stereocenters. The molecule has 0 nitrogen and oxygen atoms in total. The fourth-order valence-electron chi connectivity index (χ4n) is 1.56. The van der Waals surface area contributed by atoms with Gasteiger partial charge in [-0.25, -0.2) is 0 Å². The summed E-state index contributed by atoms with van der Waals surface area (Å²) < 4.78 is 1.35. The summed E-state index contributed by atoms with van der Waals surface area (Å²) in [6, 6.07) is 10.6. The van der Waals surface area contributed by atoms with E-state index in [1.165, 1.54) is 41.0 Å². The summed E-state index contributed by atoms with van der Waals surface area (Å²) in [6.45, 7) is 4.47. The standard InChI is InChI=1S/C18H24Se/c1-3-5-7-11-14-18(19-15-6-4-2)16-17-12-9-8-10-13-17/h8-10,12-13,16H,3-7,15H2,1-2H3/b18-16-. The molecule has 0 heterocycles. The van der Waals surface area contributed by atoms with Crippen molar-refractivity contribution < 1.29 is 0 Å². The second-order valence-corrected chi connectivity index (χ2v) is 6.91. The van der Waals surface area contributed by atoms with Crippen LogP contribution in [-0.2, 0) is 0 Å². The average Bonchev–Trinajstić information content (AvgIpc) is 2.44. The zero-order valence-electron chi connectivity index (χ0n) is 12.1. The summed E-state index contributed by atoms with van der Waals surface area (Å²) in [6.07, 6.45) is 8.36. The monoisotopic (exact) mass is 320 g/mol. The minimum atomic E-state index is 0.533. The molecule has 0 N–H and O–H groups in total. The van der Waals surface area contributed by atoms with Gasteiger partial charge in [-0.3, -0.25) is 0 Å². The van der Waals surface area contributed by atoms with Crippen LogP contribution in [0, 0.1) is 11.8 Å². The first-order valence-electron chi connectivity index (χ1n) is 7.25. The van der Waals surface area contributed by atoms with E-state index in [0.717, 1.165) is 6.42 Å². The van der Waals surface area contributed by atoms with Gasteiger partial charge in [0.15, 0.2) is 0 Å². The molecular weight excluding hydrogens is 295 g/mol. The molecule has 19 heavy (non-hydrogen) atoms. The molecule has 0 bridgehead atoms. The van der Waals surface area contributed by atoms with E-state index in [1.807, 2.05) is 0 Å². The molecule has 1 aromatic carbocycles. The van der Waals surface area contributed by atoms with Gasteiger partial charge in [0.25, 0.3) is 0 Å². The molecular formula is C18H24Se. The maximum absolute atomic E-state index is 3.40. The summed E-state index contributed by atoms with van der Waals surface area (Å²) in [7, 11) is 0. The Labute approximate surface area is 124 Å². The van der Waals surface area contributed by atoms with Crippen LogP contribution in [0.25, 0.3) is 6.08 Å².